The predicted molar refractivity (Wildman–Crippen MR) is 107 cm³/mol. The Balaban J connectivity index is 1.83. The number of halogens is 2. The molecule has 4 heteroatoms. The van der Waals surface area contributed by atoms with Gasteiger partial charge in [0, 0.05) is 15.6 Å². The van der Waals surface area contributed by atoms with Crippen LogP contribution in [0.25, 0.3) is 0 Å². The molecule has 0 heterocycles. The Bertz CT molecular complexity index is 526. The molecule has 0 spiro atoms. The molecule has 3 saturated carbocycles. The van der Waals surface area contributed by atoms with E-state index in [4.69, 9.17) is 0 Å². The third kappa shape index (κ3) is 2.88. The van der Waals surface area contributed by atoms with Gasteiger partial charge < -0.3 is 10.2 Å². The predicted octanol–water partition coefficient (Wildman–Crippen LogP) is 5.05. The summed E-state index contributed by atoms with van der Waals surface area (Å²) in [7, 11) is 0. The largest absolute Gasteiger partial charge is 0.390 e. The molecular weight excluding hydrogens is 432 g/mol. The Kier molecular flexibility index (Phi) is 4.90. The maximum atomic E-state index is 10.9. The second-order valence-corrected chi connectivity index (χ2v) is 11.8. The molecule has 138 valence electrons. The van der Waals surface area contributed by atoms with Gasteiger partial charge in [-0.05, 0) is 69.1 Å². The van der Waals surface area contributed by atoms with Gasteiger partial charge in [-0.3, -0.25) is 0 Å². The molecule has 0 aromatic carbocycles. The zero-order chi connectivity index (χ0) is 18.1. The van der Waals surface area contributed by atoms with Crippen LogP contribution in [0.15, 0.2) is 12.2 Å². The Morgan fingerprint density at radius 2 is 1.58 bits per heavy atom. The zero-order valence-corrected chi connectivity index (χ0v) is 18.5. The second kappa shape index (κ2) is 6.07. The molecule has 0 radical (unpaired) electrons. The van der Waals surface area contributed by atoms with E-state index in [1.165, 1.54) is 5.57 Å². The van der Waals surface area contributed by atoms with Gasteiger partial charge in [-0.15, -0.1) is 0 Å². The summed E-state index contributed by atoms with van der Waals surface area (Å²) in [5.41, 5.74) is 0.292. The Hall–Kier alpha value is 0.620. The highest BCUT2D eigenvalue weighted by molar-refractivity contribution is 9.09. The van der Waals surface area contributed by atoms with Crippen LogP contribution in [0.4, 0.5) is 0 Å². The summed E-state index contributed by atoms with van der Waals surface area (Å²) in [5, 5.41) is 21.3. The highest BCUT2D eigenvalue weighted by atomic mass is 79.9. The summed E-state index contributed by atoms with van der Waals surface area (Å²) in [6, 6.07) is 0. The minimum Gasteiger partial charge on any atom is -0.390 e. The Labute approximate surface area is 163 Å². The van der Waals surface area contributed by atoms with Crippen molar-refractivity contribution in [1.82, 2.24) is 0 Å². The monoisotopic (exact) mass is 462 g/mol. The molecule has 0 aliphatic heterocycles. The van der Waals surface area contributed by atoms with Crippen LogP contribution in [0.1, 0.15) is 59.8 Å². The van der Waals surface area contributed by atoms with Crippen molar-refractivity contribution in [2.24, 2.45) is 29.1 Å². The fourth-order valence-corrected chi connectivity index (χ4v) is 8.63. The van der Waals surface area contributed by atoms with Gasteiger partial charge in [0.2, 0.25) is 0 Å². The van der Waals surface area contributed by atoms with Crippen molar-refractivity contribution in [2.45, 2.75) is 80.7 Å². The highest BCUT2D eigenvalue weighted by Gasteiger charge is 2.63. The fourth-order valence-electron chi connectivity index (χ4n) is 5.99. The van der Waals surface area contributed by atoms with Crippen LogP contribution in [0.2, 0.25) is 0 Å². The van der Waals surface area contributed by atoms with Gasteiger partial charge in [-0.1, -0.05) is 57.9 Å². The smallest absolute Gasteiger partial charge is 0.0744 e. The first-order valence-electron chi connectivity index (χ1n) is 9.31. The number of hydrogen-bond acceptors (Lipinski definition) is 2. The van der Waals surface area contributed by atoms with Crippen LogP contribution < -0.4 is 0 Å². The summed E-state index contributed by atoms with van der Waals surface area (Å²) in [5.74, 6) is 1.68. The van der Waals surface area contributed by atoms with E-state index in [0.29, 0.717) is 28.5 Å². The van der Waals surface area contributed by atoms with Crippen molar-refractivity contribution in [2.75, 3.05) is 0 Å². The molecule has 3 rings (SSSR count). The Morgan fingerprint density at radius 1 is 1.00 bits per heavy atom. The lowest BCUT2D eigenvalue weighted by atomic mass is 9.66. The van der Waals surface area contributed by atoms with E-state index in [-0.39, 0.29) is 10.2 Å². The SMILES string of the molecule is C=C([C@@H]1CC[C@](C)(O)[C@H](Br)C1)[C@H]1C(Br)[C@@H]2[C@@H](CC[C@@]2(C)O)C1(C)C. The average molecular weight is 464 g/mol. The van der Waals surface area contributed by atoms with Gasteiger partial charge >= 0.3 is 0 Å². The van der Waals surface area contributed by atoms with E-state index < -0.39 is 11.2 Å². The van der Waals surface area contributed by atoms with Crippen molar-refractivity contribution in [1.29, 1.82) is 0 Å². The van der Waals surface area contributed by atoms with E-state index in [2.05, 4.69) is 52.3 Å². The van der Waals surface area contributed by atoms with Crippen LogP contribution >= 0.6 is 31.9 Å². The summed E-state index contributed by atoms with van der Waals surface area (Å²) in [6.45, 7) is 13.2. The quantitative estimate of drug-likeness (QED) is 0.444. The minimum absolute atomic E-state index is 0.126. The fraction of sp³-hybridized carbons (Fsp3) is 0.900. The van der Waals surface area contributed by atoms with Crippen LogP contribution in [0, 0.1) is 29.1 Å². The topological polar surface area (TPSA) is 40.5 Å². The first-order valence-corrected chi connectivity index (χ1v) is 11.1. The molecule has 2 N–H and O–H groups in total. The van der Waals surface area contributed by atoms with Crippen molar-refractivity contribution < 1.29 is 10.2 Å². The first-order chi connectivity index (χ1) is 10.9. The number of aliphatic hydroxyl groups is 2. The molecule has 24 heavy (non-hydrogen) atoms. The van der Waals surface area contributed by atoms with Gasteiger partial charge in [0.25, 0.3) is 0 Å². The van der Waals surface area contributed by atoms with E-state index in [1.54, 1.807) is 0 Å². The van der Waals surface area contributed by atoms with E-state index >= 15 is 0 Å². The van der Waals surface area contributed by atoms with Crippen LogP contribution in [0.3, 0.4) is 0 Å². The van der Waals surface area contributed by atoms with Crippen LogP contribution in [-0.4, -0.2) is 31.1 Å². The molecule has 0 bridgehead atoms. The zero-order valence-electron chi connectivity index (χ0n) is 15.4. The standard InChI is InChI=1S/C20H32Br2O2/c1-11(12-6-8-19(4,23)14(21)10-12)15-17(22)16-13(18(15,2)3)7-9-20(16,5)24/h12-17,23-24H,1,6-10H2,2-5H3/t12-,13-,14-,15+,16+,17?,19+,20-/m1/s1. The molecule has 0 aromatic heterocycles. The minimum atomic E-state index is -0.615. The molecule has 3 fully saturated rings. The molecule has 0 saturated heterocycles. The first kappa shape index (κ1) is 19.4. The lowest BCUT2D eigenvalue weighted by Crippen LogP contribution is -2.43. The Morgan fingerprint density at radius 3 is 2.12 bits per heavy atom. The summed E-state index contributed by atoms with van der Waals surface area (Å²) in [4.78, 5) is 0.417. The van der Waals surface area contributed by atoms with Crippen molar-refractivity contribution >= 4 is 31.9 Å². The molecular formula is C20H32Br2O2. The van der Waals surface area contributed by atoms with Crippen molar-refractivity contribution in [3.05, 3.63) is 12.2 Å². The van der Waals surface area contributed by atoms with Gasteiger partial charge in [0.1, 0.15) is 0 Å². The summed E-state index contributed by atoms with van der Waals surface area (Å²) >= 11 is 7.68. The lowest BCUT2D eigenvalue weighted by Gasteiger charge is -2.43. The number of allylic oxidation sites excluding steroid dienone is 1. The van der Waals surface area contributed by atoms with Crippen LogP contribution in [-0.2, 0) is 0 Å². The van der Waals surface area contributed by atoms with Gasteiger partial charge in [0.15, 0.2) is 0 Å². The van der Waals surface area contributed by atoms with Crippen molar-refractivity contribution in [3.63, 3.8) is 0 Å². The van der Waals surface area contributed by atoms with E-state index in [1.807, 2.05) is 13.8 Å². The molecule has 3 aliphatic carbocycles. The number of hydrogen-bond donors (Lipinski definition) is 2. The van der Waals surface area contributed by atoms with Gasteiger partial charge in [0.05, 0.1) is 11.2 Å². The summed E-state index contributed by atoms with van der Waals surface area (Å²) < 4.78 is 0. The van der Waals surface area contributed by atoms with E-state index in [0.717, 1.165) is 32.1 Å². The van der Waals surface area contributed by atoms with Crippen molar-refractivity contribution in [3.8, 4) is 0 Å². The third-order valence-corrected chi connectivity index (χ3v) is 10.1. The molecule has 0 amide bonds. The summed E-state index contributed by atoms with van der Waals surface area (Å²) in [6.07, 6.45) is 4.78. The number of alkyl halides is 2. The molecule has 1 unspecified atom stereocenters. The number of fused-ring (bicyclic) bond motifs is 1. The second-order valence-electron chi connectivity index (χ2n) is 9.64. The highest BCUT2D eigenvalue weighted by Crippen LogP contribution is 2.65. The maximum Gasteiger partial charge on any atom is 0.0744 e. The van der Waals surface area contributed by atoms with E-state index in [9.17, 15) is 10.2 Å². The molecule has 0 aromatic rings. The molecule has 2 nitrogen and oxygen atoms in total. The third-order valence-electron chi connectivity index (χ3n) is 7.62. The average Bonchev–Trinajstić information content (AvgIpc) is 2.87. The molecule has 8 atom stereocenters. The molecule has 3 aliphatic rings. The maximum absolute atomic E-state index is 10.9. The van der Waals surface area contributed by atoms with Gasteiger partial charge in [-0.25, -0.2) is 0 Å². The van der Waals surface area contributed by atoms with Gasteiger partial charge in [-0.2, -0.15) is 0 Å². The normalized spacial score (nSPS) is 53.8. The lowest BCUT2D eigenvalue weighted by molar-refractivity contribution is 0.0153. The van der Waals surface area contributed by atoms with Crippen LogP contribution in [0.5, 0.6) is 0 Å². The number of rotatable bonds is 2.